The first kappa shape index (κ1) is 10.8. The van der Waals surface area contributed by atoms with Crippen molar-refractivity contribution in [2.75, 3.05) is 13.1 Å². The fourth-order valence-corrected chi connectivity index (χ4v) is 2.86. The number of aryl methyl sites for hydroxylation is 1. The smallest absolute Gasteiger partial charge is 0.0456 e. The van der Waals surface area contributed by atoms with Crippen LogP contribution in [0.2, 0.25) is 0 Å². The first-order valence-electron chi connectivity index (χ1n) is 6.60. The van der Waals surface area contributed by atoms with Crippen molar-refractivity contribution in [3.8, 4) is 0 Å². The molecule has 0 spiro atoms. The molecule has 2 heteroatoms. The lowest BCUT2D eigenvalue weighted by Crippen LogP contribution is -2.28. The van der Waals surface area contributed by atoms with Crippen LogP contribution in [-0.4, -0.2) is 18.1 Å². The van der Waals surface area contributed by atoms with Gasteiger partial charge in [-0.05, 0) is 62.9 Å². The number of hydrogen-bond donors (Lipinski definition) is 2. The van der Waals surface area contributed by atoms with Crippen LogP contribution in [-0.2, 0) is 6.42 Å². The Bertz CT molecular complexity index is 507. The predicted octanol–water partition coefficient (Wildman–Crippen LogP) is 3.02. The Morgan fingerprint density at radius 3 is 2.88 bits per heavy atom. The molecule has 90 valence electrons. The molecule has 0 bridgehead atoms. The molecule has 1 aliphatic heterocycles. The van der Waals surface area contributed by atoms with Crippen LogP contribution in [0.4, 0.5) is 0 Å². The molecular formula is C15H20N2. The van der Waals surface area contributed by atoms with Gasteiger partial charge in [0, 0.05) is 17.1 Å². The zero-order chi connectivity index (χ0) is 11.7. The summed E-state index contributed by atoms with van der Waals surface area (Å²) in [5.41, 5.74) is 4.12. The van der Waals surface area contributed by atoms with Crippen molar-refractivity contribution in [1.29, 1.82) is 0 Å². The van der Waals surface area contributed by atoms with Gasteiger partial charge in [-0.1, -0.05) is 11.6 Å². The van der Waals surface area contributed by atoms with E-state index in [4.69, 9.17) is 0 Å². The molecule has 1 fully saturated rings. The van der Waals surface area contributed by atoms with Gasteiger partial charge in [0.1, 0.15) is 0 Å². The lowest BCUT2D eigenvalue weighted by Gasteiger charge is -2.22. The third-order valence-electron chi connectivity index (χ3n) is 3.89. The zero-order valence-corrected chi connectivity index (χ0v) is 10.4. The molecule has 1 saturated heterocycles. The Kier molecular flexibility index (Phi) is 2.89. The van der Waals surface area contributed by atoms with Gasteiger partial charge >= 0.3 is 0 Å². The summed E-state index contributed by atoms with van der Waals surface area (Å²) in [4.78, 5) is 3.39. The van der Waals surface area contributed by atoms with E-state index >= 15 is 0 Å². The average Bonchev–Trinajstić information content (AvgIpc) is 2.73. The second-order valence-electron chi connectivity index (χ2n) is 5.26. The molecule has 0 unspecified atom stereocenters. The molecule has 2 heterocycles. The van der Waals surface area contributed by atoms with Crippen LogP contribution in [0, 0.1) is 12.8 Å². The van der Waals surface area contributed by atoms with Crippen LogP contribution < -0.4 is 5.32 Å². The van der Waals surface area contributed by atoms with E-state index in [1.54, 1.807) is 0 Å². The first-order valence-corrected chi connectivity index (χ1v) is 6.60. The zero-order valence-electron chi connectivity index (χ0n) is 10.4. The highest BCUT2D eigenvalue weighted by Gasteiger charge is 2.15. The average molecular weight is 228 g/mol. The molecule has 3 rings (SSSR count). The molecule has 0 atom stereocenters. The minimum atomic E-state index is 0.857. The largest absolute Gasteiger partial charge is 0.361 e. The molecule has 0 amide bonds. The summed E-state index contributed by atoms with van der Waals surface area (Å²) in [6, 6.07) is 6.67. The summed E-state index contributed by atoms with van der Waals surface area (Å²) in [5, 5.41) is 4.85. The maximum atomic E-state index is 3.43. The summed E-state index contributed by atoms with van der Waals surface area (Å²) in [7, 11) is 0. The fourth-order valence-electron chi connectivity index (χ4n) is 2.86. The predicted molar refractivity (Wildman–Crippen MR) is 72.3 cm³/mol. The van der Waals surface area contributed by atoms with Gasteiger partial charge in [-0.3, -0.25) is 0 Å². The highest BCUT2D eigenvalue weighted by molar-refractivity contribution is 5.83. The van der Waals surface area contributed by atoms with Crippen molar-refractivity contribution in [2.45, 2.75) is 26.2 Å². The summed E-state index contributed by atoms with van der Waals surface area (Å²) in [5.74, 6) is 0.857. The number of hydrogen-bond acceptors (Lipinski definition) is 1. The third kappa shape index (κ3) is 2.22. The molecule has 0 radical (unpaired) electrons. The lowest BCUT2D eigenvalue weighted by molar-refractivity contribution is 0.373. The highest BCUT2D eigenvalue weighted by Crippen LogP contribution is 2.25. The Balaban J connectivity index is 1.86. The number of fused-ring (bicyclic) bond motifs is 1. The quantitative estimate of drug-likeness (QED) is 0.812. The Morgan fingerprint density at radius 1 is 1.24 bits per heavy atom. The molecule has 2 N–H and O–H groups in total. The van der Waals surface area contributed by atoms with Crippen molar-refractivity contribution in [3.05, 3.63) is 35.5 Å². The highest BCUT2D eigenvalue weighted by atomic mass is 14.9. The summed E-state index contributed by atoms with van der Waals surface area (Å²) >= 11 is 0. The standard InChI is InChI=1S/C15H20N2/c1-11-2-3-15-14(8-11)13(10-17-15)9-12-4-6-16-7-5-12/h2-3,8,10,12,16-17H,4-7,9H2,1H3. The van der Waals surface area contributed by atoms with Gasteiger partial charge in [0.2, 0.25) is 0 Å². The second-order valence-corrected chi connectivity index (χ2v) is 5.26. The number of H-pyrrole nitrogens is 1. The van der Waals surface area contributed by atoms with E-state index in [2.05, 4.69) is 41.6 Å². The molecule has 0 aliphatic carbocycles. The van der Waals surface area contributed by atoms with Crippen molar-refractivity contribution in [2.24, 2.45) is 5.92 Å². The molecular weight excluding hydrogens is 208 g/mol. The van der Waals surface area contributed by atoms with E-state index in [1.807, 2.05) is 0 Å². The van der Waals surface area contributed by atoms with E-state index in [9.17, 15) is 0 Å². The van der Waals surface area contributed by atoms with Crippen molar-refractivity contribution in [1.82, 2.24) is 10.3 Å². The van der Waals surface area contributed by atoms with Crippen molar-refractivity contribution >= 4 is 10.9 Å². The van der Waals surface area contributed by atoms with E-state index in [0.29, 0.717) is 0 Å². The Hall–Kier alpha value is -1.28. The van der Waals surface area contributed by atoms with Crippen LogP contribution >= 0.6 is 0 Å². The Morgan fingerprint density at radius 2 is 2.06 bits per heavy atom. The van der Waals surface area contributed by atoms with Gasteiger partial charge in [-0.15, -0.1) is 0 Å². The topological polar surface area (TPSA) is 27.8 Å². The van der Waals surface area contributed by atoms with Gasteiger partial charge in [-0.25, -0.2) is 0 Å². The van der Waals surface area contributed by atoms with Gasteiger partial charge in [0.05, 0.1) is 0 Å². The van der Waals surface area contributed by atoms with Crippen LogP contribution in [0.15, 0.2) is 24.4 Å². The fraction of sp³-hybridized carbons (Fsp3) is 0.467. The monoisotopic (exact) mass is 228 g/mol. The van der Waals surface area contributed by atoms with Gasteiger partial charge < -0.3 is 10.3 Å². The SMILES string of the molecule is Cc1ccc2[nH]cc(CC3CCNCC3)c2c1. The molecule has 1 aromatic carbocycles. The first-order chi connectivity index (χ1) is 8.33. The second kappa shape index (κ2) is 4.53. The molecule has 1 aromatic heterocycles. The lowest BCUT2D eigenvalue weighted by atomic mass is 9.91. The molecule has 17 heavy (non-hydrogen) atoms. The van der Waals surface area contributed by atoms with E-state index < -0.39 is 0 Å². The Labute approximate surface area is 102 Å². The van der Waals surface area contributed by atoms with Crippen LogP contribution in [0.1, 0.15) is 24.0 Å². The van der Waals surface area contributed by atoms with Gasteiger partial charge in [0.25, 0.3) is 0 Å². The summed E-state index contributed by atoms with van der Waals surface area (Å²) in [6.07, 6.45) is 6.06. The van der Waals surface area contributed by atoms with E-state index in [0.717, 1.165) is 5.92 Å². The molecule has 0 saturated carbocycles. The van der Waals surface area contributed by atoms with Gasteiger partial charge in [-0.2, -0.15) is 0 Å². The van der Waals surface area contributed by atoms with Crippen LogP contribution in [0.5, 0.6) is 0 Å². The van der Waals surface area contributed by atoms with Crippen molar-refractivity contribution < 1.29 is 0 Å². The van der Waals surface area contributed by atoms with Gasteiger partial charge in [0.15, 0.2) is 0 Å². The number of benzene rings is 1. The number of aromatic amines is 1. The summed E-state index contributed by atoms with van der Waals surface area (Å²) in [6.45, 7) is 4.54. The molecule has 2 aromatic rings. The number of rotatable bonds is 2. The summed E-state index contributed by atoms with van der Waals surface area (Å²) < 4.78 is 0. The number of aromatic nitrogens is 1. The minimum absolute atomic E-state index is 0.857. The van der Waals surface area contributed by atoms with E-state index in [-0.39, 0.29) is 0 Å². The van der Waals surface area contributed by atoms with E-state index in [1.165, 1.54) is 54.4 Å². The third-order valence-corrected chi connectivity index (χ3v) is 3.89. The van der Waals surface area contributed by atoms with Crippen LogP contribution in [0.25, 0.3) is 10.9 Å². The maximum Gasteiger partial charge on any atom is 0.0456 e. The normalized spacial score (nSPS) is 17.7. The maximum absolute atomic E-state index is 3.43. The number of nitrogens with one attached hydrogen (secondary N) is 2. The molecule has 1 aliphatic rings. The van der Waals surface area contributed by atoms with Crippen LogP contribution in [0.3, 0.4) is 0 Å². The van der Waals surface area contributed by atoms with Crippen molar-refractivity contribution in [3.63, 3.8) is 0 Å². The molecule has 2 nitrogen and oxygen atoms in total. The number of piperidine rings is 1. The minimum Gasteiger partial charge on any atom is -0.361 e.